The number of ether oxygens (including phenoxy) is 1. The minimum absolute atomic E-state index is 0.0632. The molecule has 1 unspecified atom stereocenters. The number of nitrogens with zero attached hydrogens (tertiary/aromatic N) is 5. The van der Waals surface area contributed by atoms with Crippen LogP contribution in [0.1, 0.15) is 32.0 Å². The van der Waals surface area contributed by atoms with Crippen molar-refractivity contribution in [2.75, 3.05) is 21.2 Å². The molecule has 0 aliphatic carbocycles. The SMILES string of the molecule is COc1ncnc2c1nc(C(C)Cl)n2CC(C)(C)N(C)C. The molecule has 6 nitrogen and oxygen atoms in total. The van der Waals surface area contributed by atoms with Crippen LogP contribution in [0.15, 0.2) is 6.33 Å². The van der Waals surface area contributed by atoms with Crippen LogP contribution in [0, 0.1) is 0 Å². The molecule has 2 aromatic rings. The molecule has 0 bridgehead atoms. The van der Waals surface area contributed by atoms with Gasteiger partial charge in [0.1, 0.15) is 12.2 Å². The first-order chi connectivity index (χ1) is 9.77. The number of alkyl halides is 1. The van der Waals surface area contributed by atoms with Crippen LogP contribution >= 0.6 is 11.6 Å². The second kappa shape index (κ2) is 5.77. The molecule has 0 radical (unpaired) electrons. The molecule has 0 amide bonds. The standard InChI is InChI=1S/C14H22ClN5O/c1-9(15)11-18-10-12(16-8-17-13(10)21-6)20(11)7-14(2,3)19(4)5/h8-9H,7H2,1-6H3. The molecular weight excluding hydrogens is 290 g/mol. The molecule has 0 aliphatic rings. The summed E-state index contributed by atoms with van der Waals surface area (Å²) < 4.78 is 7.33. The van der Waals surface area contributed by atoms with Crippen LogP contribution in [-0.4, -0.2) is 51.2 Å². The quantitative estimate of drug-likeness (QED) is 0.794. The minimum atomic E-state index is -0.220. The molecule has 1 atom stereocenters. The van der Waals surface area contributed by atoms with Gasteiger partial charge in [0.05, 0.1) is 12.5 Å². The Morgan fingerprint density at radius 2 is 2.05 bits per heavy atom. The van der Waals surface area contributed by atoms with Gasteiger partial charge in [-0.25, -0.2) is 9.97 Å². The third-order valence-electron chi connectivity index (χ3n) is 3.83. The fourth-order valence-corrected chi connectivity index (χ4v) is 2.24. The summed E-state index contributed by atoms with van der Waals surface area (Å²) in [6.07, 6.45) is 1.49. The minimum Gasteiger partial charge on any atom is -0.479 e. The summed E-state index contributed by atoms with van der Waals surface area (Å²) in [5.41, 5.74) is 1.34. The molecule has 2 heterocycles. The smallest absolute Gasteiger partial charge is 0.245 e. The average molecular weight is 312 g/mol. The van der Waals surface area contributed by atoms with E-state index in [-0.39, 0.29) is 10.9 Å². The lowest BCUT2D eigenvalue weighted by atomic mass is 10.0. The molecule has 0 spiro atoms. The van der Waals surface area contributed by atoms with E-state index in [1.165, 1.54) is 6.33 Å². The van der Waals surface area contributed by atoms with E-state index in [2.05, 4.69) is 52.4 Å². The number of rotatable bonds is 5. The molecule has 0 saturated carbocycles. The number of hydrogen-bond acceptors (Lipinski definition) is 5. The number of hydrogen-bond donors (Lipinski definition) is 0. The Kier molecular flexibility index (Phi) is 4.39. The molecule has 0 saturated heterocycles. The molecule has 0 fully saturated rings. The summed E-state index contributed by atoms with van der Waals surface area (Å²) in [7, 11) is 5.69. The highest BCUT2D eigenvalue weighted by Crippen LogP contribution is 2.29. The molecule has 0 aromatic carbocycles. The molecule has 0 N–H and O–H groups in total. The van der Waals surface area contributed by atoms with Crippen LogP contribution in [0.2, 0.25) is 0 Å². The van der Waals surface area contributed by atoms with Crippen molar-refractivity contribution in [3.8, 4) is 5.88 Å². The first kappa shape index (κ1) is 16.0. The second-order valence-electron chi connectivity index (χ2n) is 5.93. The Morgan fingerprint density at radius 3 is 2.57 bits per heavy atom. The van der Waals surface area contributed by atoms with E-state index >= 15 is 0 Å². The molecule has 116 valence electrons. The average Bonchev–Trinajstić information content (AvgIpc) is 2.77. The van der Waals surface area contributed by atoms with Gasteiger partial charge < -0.3 is 14.2 Å². The molecule has 0 aliphatic heterocycles. The summed E-state index contributed by atoms with van der Waals surface area (Å²) >= 11 is 6.30. The molecule has 7 heteroatoms. The monoisotopic (exact) mass is 311 g/mol. The predicted octanol–water partition coefficient (Wildman–Crippen LogP) is 2.47. The summed E-state index contributed by atoms with van der Waals surface area (Å²) in [6, 6.07) is 0. The topological polar surface area (TPSA) is 56.1 Å². The third-order valence-corrected chi connectivity index (χ3v) is 4.03. The first-order valence-corrected chi connectivity index (χ1v) is 7.28. The number of fused-ring (bicyclic) bond motifs is 1. The maximum Gasteiger partial charge on any atom is 0.245 e. The zero-order valence-electron chi connectivity index (χ0n) is 13.4. The van der Waals surface area contributed by atoms with E-state index < -0.39 is 0 Å². The van der Waals surface area contributed by atoms with Gasteiger partial charge in [-0.1, -0.05) is 0 Å². The summed E-state index contributed by atoms with van der Waals surface area (Å²) in [5, 5.41) is -0.220. The van der Waals surface area contributed by atoms with Crippen LogP contribution in [0.25, 0.3) is 11.2 Å². The lowest BCUT2D eigenvalue weighted by Gasteiger charge is -2.33. The van der Waals surface area contributed by atoms with Crippen molar-refractivity contribution in [3.05, 3.63) is 12.2 Å². The van der Waals surface area contributed by atoms with Crippen LogP contribution in [0.3, 0.4) is 0 Å². The van der Waals surface area contributed by atoms with Gasteiger partial charge in [0.25, 0.3) is 0 Å². The van der Waals surface area contributed by atoms with E-state index in [1.54, 1.807) is 7.11 Å². The van der Waals surface area contributed by atoms with E-state index in [4.69, 9.17) is 16.3 Å². The zero-order valence-corrected chi connectivity index (χ0v) is 14.1. The van der Waals surface area contributed by atoms with Crippen molar-refractivity contribution in [1.82, 2.24) is 24.4 Å². The van der Waals surface area contributed by atoms with Crippen molar-refractivity contribution in [2.24, 2.45) is 0 Å². The van der Waals surface area contributed by atoms with Gasteiger partial charge >= 0.3 is 0 Å². The molecule has 2 rings (SSSR count). The van der Waals surface area contributed by atoms with Crippen molar-refractivity contribution < 1.29 is 4.74 Å². The van der Waals surface area contributed by atoms with E-state index in [0.717, 1.165) is 18.0 Å². The van der Waals surface area contributed by atoms with Gasteiger partial charge in [0, 0.05) is 12.1 Å². The number of likely N-dealkylation sites (N-methyl/N-ethyl adjacent to an activating group) is 1. The number of methoxy groups -OCH3 is 1. The summed E-state index contributed by atoms with van der Waals surface area (Å²) in [6.45, 7) is 6.96. The van der Waals surface area contributed by atoms with Gasteiger partial charge in [-0.15, -0.1) is 11.6 Å². The fraction of sp³-hybridized carbons (Fsp3) is 0.643. The fourth-order valence-electron chi connectivity index (χ4n) is 2.07. The highest BCUT2D eigenvalue weighted by Gasteiger charge is 2.27. The largest absolute Gasteiger partial charge is 0.479 e. The van der Waals surface area contributed by atoms with Crippen molar-refractivity contribution >= 4 is 22.8 Å². The predicted molar refractivity (Wildman–Crippen MR) is 83.9 cm³/mol. The molecular formula is C14H22ClN5O. The highest BCUT2D eigenvalue weighted by molar-refractivity contribution is 6.20. The lowest BCUT2D eigenvalue weighted by Crippen LogP contribution is -2.42. The lowest BCUT2D eigenvalue weighted by molar-refractivity contribution is 0.169. The second-order valence-corrected chi connectivity index (χ2v) is 6.59. The Balaban J connectivity index is 2.63. The Labute approximate surface area is 130 Å². The van der Waals surface area contributed by atoms with Crippen molar-refractivity contribution in [1.29, 1.82) is 0 Å². The van der Waals surface area contributed by atoms with Gasteiger partial charge in [-0.05, 0) is 34.9 Å². The molecule has 2 aromatic heterocycles. The first-order valence-electron chi connectivity index (χ1n) is 6.84. The maximum absolute atomic E-state index is 6.30. The Hall–Kier alpha value is -1.40. The number of halogens is 1. The van der Waals surface area contributed by atoms with E-state index in [0.29, 0.717) is 11.4 Å². The van der Waals surface area contributed by atoms with Gasteiger partial charge in [0.15, 0.2) is 11.2 Å². The highest BCUT2D eigenvalue weighted by atomic mass is 35.5. The summed E-state index contributed by atoms with van der Waals surface area (Å²) in [4.78, 5) is 15.2. The van der Waals surface area contributed by atoms with Gasteiger partial charge in [-0.2, -0.15) is 4.98 Å². The third kappa shape index (κ3) is 2.96. The van der Waals surface area contributed by atoms with Crippen molar-refractivity contribution in [3.63, 3.8) is 0 Å². The van der Waals surface area contributed by atoms with Crippen molar-refractivity contribution in [2.45, 2.75) is 38.2 Å². The Bertz CT molecular complexity index is 636. The van der Waals surface area contributed by atoms with Gasteiger partial charge in [-0.3, -0.25) is 0 Å². The summed E-state index contributed by atoms with van der Waals surface area (Å²) in [5.74, 6) is 1.25. The van der Waals surface area contributed by atoms with E-state index in [9.17, 15) is 0 Å². The van der Waals surface area contributed by atoms with Crippen LogP contribution in [-0.2, 0) is 6.54 Å². The van der Waals surface area contributed by atoms with Gasteiger partial charge in [0.2, 0.25) is 5.88 Å². The van der Waals surface area contributed by atoms with Crippen LogP contribution in [0.4, 0.5) is 0 Å². The number of imidazole rings is 1. The van der Waals surface area contributed by atoms with Crippen LogP contribution in [0.5, 0.6) is 5.88 Å². The zero-order chi connectivity index (χ0) is 15.8. The maximum atomic E-state index is 6.30. The normalized spacial score (nSPS) is 13.9. The van der Waals surface area contributed by atoms with E-state index in [1.807, 2.05) is 6.92 Å². The Morgan fingerprint density at radius 1 is 1.38 bits per heavy atom. The number of aromatic nitrogens is 4. The van der Waals surface area contributed by atoms with Crippen LogP contribution < -0.4 is 4.74 Å². The molecule has 21 heavy (non-hydrogen) atoms.